The summed E-state index contributed by atoms with van der Waals surface area (Å²) in [4.78, 5) is 35.3. The molecule has 5 rings (SSSR count). The van der Waals surface area contributed by atoms with Crippen molar-refractivity contribution in [2.75, 3.05) is 19.6 Å². The van der Waals surface area contributed by atoms with E-state index in [9.17, 15) is 9.59 Å². The summed E-state index contributed by atoms with van der Waals surface area (Å²) in [5, 5.41) is 10.6. The van der Waals surface area contributed by atoms with Crippen molar-refractivity contribution in [2.24, 2.45) is 16.8 Å². The van der Waals surface area contributed by atoms with Crippen molar-refractivity contribution >= 4 is 29.8 Å². The highest BCUT2D eigenvalue weighted by Gasteiger charge is 2.59. The van der Waals surface area contributed by atoms with E-state index >= 15 is 0 Å². The smallest absolute Gasteiger partial charge is 0.231 e. The Morgan fingerprint density at radius 3 is 2.64 bits per heavy atom. The molecule has 2 unspecified atom stereocenters. The number of aliphatic imine (C=N–C) groups is 1. The first-order valence-corrected chi connectivity index (χ1v) is 13.4. The first-order chi connectivity index (χ1) is 17.1. The van der Waals surface area contributed by atoms with Crippen LogP contribution in [0.2, 0.25) is 5.02 Å². The molecule has 0 bridgehead atoms. The van der Waals surface area contributed by atoms with Gasteiger partial charge in [-0.15, -0.1) is 0 Å². The average Bonchev–Trinajstić information content (AvgIpc) is 3.49. The van der Waals surface area contributed by atoms with Gasteiger partial charge in [0.2, 0.25) is 11.8 Å². The number of hydrogen-bond donors (Lipinski definition) is 3. The highest BCUT2D eigenvalue weighted by molar-refractivity contribution is 6.30. The van der Waals surface area contributed by atoms with Crippen LogP contribution in [0.1, 0.15) is 52.5 Å². The van der Waals surface area contributed by atoms with Crippen LogP contribution in [0, 0.1) is 11.8 Å². The van der Waals surface area contributed by atoms with Crippen LogP contribution in [0.25, 0.3) is 0 Å². The number of carbonyl (C=O) groups excluding carboxylic acids is 2. The number of hydrogen-bond acceptors (Lipinski definition) is 6. The number of halogens is 1. The molecule has 194 valence electrons. The van der Waals surface area contributed by atoms with Crippen LogP contribution < -0.4 is 16.0 Å². The van der Waals surface area contributed by atoms with Crippen molar-refractivity contribution < 1.29 is 9.59 Å². The van der Waals surface area contributed by atoms with Crippen molar-refractivity contribution in [3.8, 4) is 0 Å². The predicted molar refractivity (Wildman–Crippen MR) is 141 cm³/mol. The molecule has 2 saturated heterocycles. The third-order valence-corrected chi connectivity index (χ3v) is 8.38. The summed E-state index contributed by atoms with van der Waals surface area (Å²) in [6.07, 6.45) is 2.16. The van der Waals surface area contributed by atoms with E-state index in [1.165, 1.54) is 0 Å². The SMILES string of the molecule is CC(C)NC[C@@H](C(=O)N1CCN(C2=C3[C@H](C)CC(=O)NC3(C)N=CN2)C2[C@@H]1[C@H]2C)c1ccc(Cl)cc1. The maximum Gasteiger partial charge on any atom is 0.231 e. The second-order valence-corrected chi connectivity index (χ2v) is 11.6. The number of piperidine rings is 1. The number of nitrogens with zero attached hydrogens (tertiary/aromatic N) is 3. The van der Waals surface area contributed by atoms with Gasteiger partial charge >= 0.3 is 0 Å². The third-order valence-electron chi connectivity index (χ3n) is 8.13. The number of fused-ring (bicyclic) bond motifs is 2. The fourth-order valence-corrected chi connectivity index (χ4v) is 6.47. The molecule has 2 amide bonds. The molecule has 9 heteroatoms. The van der Waals surface area contributed by atoms with Gasteiger partial charge in [0, 0.05) is 48.6 Å². The van der Waals surface area contributed by atoms with Gasteiger partial charge in [0.1, 0.15) is 5.82 Å². The molecule has 1 saturated carbocycles. The van der Waals surface area contributed by atoms with E-state index < -0.39 is 5.66 Å². The Hall–Kier alpha value is -2.58. The lowest BCUT2D eigenvalue weighted by atomic mass is 9.83. The zero-order chi connectivity index (χ0) is 25.8. The number of piperazine rings is 1. The minimum Gasteiger partial charge on any atom is -0.351 e. The van der Waals surface area contributed by atoms with Crippen molar-refractivity contribution in [2.45, 2.75) is 70.7 Å². The Kier molecular flexibility index (Phi) is 6.53. The van der Waals surface area contributed by atoms with E-state index in [-0.39, 0.29) is 41.8 Å². The summed E-state index contributed by atoms with van der Waals surface area (Å²) in [6, 6.07) is 8.34. The monoisotopic (exact) mass is 512 g/mol. The van der Waals surface area contributed by atoms with Gasteiger partial charge in [0.15, 0.2) is 5.66 Å². The second-order valence-electron chi connectivity index (χ2n) is 11.1. The largest absolute Gasteiger partial charge is 0.351 e. The predicted octanol–water partition coefficient (Wildman–Crippen LogP) is 2.67. The number of amides is 2. The minimum atomic E-state index is -0.724. The zero-order valence-corrected chi connectivity index (χ0v) is 22.5. The Labute approximate surface area is 218 Å². The van der Waals surface area contributed by atoms with E-state index in [2.05, 4.69) is 58.4 Å². The fraction of sp³-hybridized carbons (Fsp3) is 0.593. The average molecular weight is 513 g/mol. The first kappa shape index (κ1) is 25.1. The van der Waals surface area contributed by atoms with Gasteiger partial charge in [-0.25, -0.2) is 4.99 Å². The van der Waals surface area contributed by atoms with Crippen LogP contribution in [0.4, 0.5) is 0 Å². The molecule has 0 spiro atoms. The molecule has 3 N–H and O–H groups in total. The minimum absolute atomic E-state index is 0.0310. The van der Waals surface area contributed by atoms with E-state index in [1.807, 2.05) is 31.2 Å². The maximum absolute atomic E-state index is 14.0. The number of nitrogens with one attached hydrogen (secondary N) is 3. The van der Waals surface area contributed by atoms with E-state index in [0.29, 0.717) is 30.5 Å². The standard InChI is InChI=1S/C27H37ClN6O2/c1-15(2)29-13-20(18-6-8-19(28)9-7-18)26(36)34-11-10-33(23-17(4)24(23)34)25-22-16(3)12-21(35)32-27(22,5)31-14-30-25/h6-9,14-17,20,23-24,29H,10-13H2,1-5H3,(H,30,31)(H,32,35)/t16-,17+,20-,23?,24+,27?/m1/s1. The van der Waals surface area contributed by atoms with Crippen LogP contribution in [-0.2, 0) is 9.59 Å². The zero-order valence-electron chi connectivity index (χ0n) is 21.7. The quantitative estimate of drug-likeness (QED) is 0.545. The van der Waals surface area contributed by atoms with E-state index in [0.717, 1.165) is 23.5 Å². The van der Waals surface area contributed by atoms with Gasteiger partial charge in [-0.3, -0.25) is 9.59 Å². The molecule has 3 fully saturated rings. The summed E-state index contributed by atoms with van der Waals surface area (Å²) in [7, 11) is 0. The number of benzene rings is 1. The van der Waals surface area contributed by atoms with Crippen molar-refractivity contribution in [3.05, 3.63) is 46.2 Å². The molecule has 1 aliphatic carbocycles. The number of rotatable bonds is 6. The van der Waals surface area contributed by atoms with E-state index in [4.69, 9.17) is 11.6 Å². The van der Waals surface area contributed by atoms with Gasteiger partial charge in [-0.05, 0) is 30.5 Å². The van der Waals surface area contributed by atoms with E-state index in [1.54, 1.807) is 6.34 Å². The lowest BCUT2D eigenvalue weighted by molar-refractivity contribution is -0.135. The summed E-state index contributed by atoms with van der Waals surface area (Å²) in [5.74, 6) is 1.43. The molecular formula is C27H37ClN6O2. The van der Waals surface area contributed by atoms with Crippen molar-refractivity contribution in [1.82, 2.24) is 25.8 Å². The van der Waals surface area contributed by atoms with Gasteiger partial charge in [-0.2, -0.15) is 0 Å². The summed E-state index contributed by atoms with van der Waals surface area (Å²) >= 11 is 6.13. The lowest BCUT2D eigenvalue weighted by Crippen LogP contribution is -2.58. The molecular weight excluding hydrogens is 476 g/mol. The molecule has 6 atom stereocenters. The Balaban J connectivity index is 1.39. The Bertz CT molecular complexity index is 1100. The van der Waals surface area contributed by atoms with Gasteiger partial charge in [0.25, 0.3) is 0 Å². The highest BCUT2D eigenvalue weighted by atomic mass is 35.5. The maximum atomic E-state index is 14.0. The van der Waals surface area contributed by atoms with Crippen LogP contribution >= 0.6 is 11.6 Å². The highest BCUT2D eigenvalue weighted by Crippen LogP contribution is 2.47. The molecule has 3 aliphatic heterocycles. The van der Waals surface area contributed by atoms with Crippen LogP contribution in [0.5, 0.6) is 0 Å². The van der Waals surface area contributed by atoms with Gasteiger partial charge in [0.05, 0.1) is 24.3 Å². The molecule has 1 aromatic carbocycles. The normalized spacial score (nSPS) is 32.0. The van der Waals surface area contributed by atoms with Crippen LogP contribution in [-0.4, -0.2) is 71.4 Å². The van der Waals surface area contributed by atoms with Crippen LogP contribution in [0.3, 0.4) is 0 Å². The van der Waals surface area contributed by atoms with Crippen LogP contribution in [0.15, 0.2) is 40.7 Å². The van der Waals surface area contributed by atoms with Crippen molar-refractivity contribution in [3.63, 3.8) is 0 Å². The molecule has 4 aliphatic rings. The molecule has 1 aromatic rings. The molecule has 36 heavy (non-hydrogen) atoms. The summed E-state index contributed by atoms with van der Waals surface area (Å²) < 4.78 is 0. The second kappa shape index (κ2) is 9.38. The van der Waals surface area contributed by atoms with Gasteiger partial charge < -0.3 is 25.8 Å². The number of carbonyl (C=O) groups is 2. The lowest BCUT2D eigenvalue weighted by Gasteiger charge is -2.45. The third kappa shape index (κ3) is 4.39. The Morgan fingerprint density at radius 1 is 1.22 bits per heavy atom. The fourth-order valence-electron chi connectivity index (χ4n) is 6.34. The Morgan fingerprint density at radius 2 is 1.94 bits per heavy atom. The van der Waals surface area contributed by atoms with Gasteiger partial charge in [-0.1, -0.05) is 51.4 Å². The topological polar surface area (TPSA) is 89.1 Å². The first-order valence-electron chi connectivity index (χ1n) is 13.0. The molecule has 0 aromatic heterocycles. The summed E-state index contributed by atoms with van der Waals surface area (Å²) in [6.45, 7) is 12.5. The van der Waals surface area contributed by atoms with Crippen molar-refractivity contribution in [1.29, 1.82) is 0 Å². The summed E-state index contributed by atoms with van der Waals surface area (Å²) in [5.41, 5.74) is 1.39. The molecule has 3 heterocycles. The molecule has 0 radical (unpaired) electrons. The molecule has 8 nitrogen and oxygen atoms in total.